The van der Waals surface area contributed by atoms with Crippen molar-refractivity contribution < 1.29 is 9.59 Å². The third-order valence-electron chi connectivity index (χ3n) is 6.00. The Labute approximate surface area is 160 Å². The van der Waals surface area contributed by atoms with E-state index in [-0.39, 0.29) is 23.8 Å². The van der Waals surface area contributed by atoms with Gasteiger partial charge in [-0.1, -0.05) is 60.7 Å². The summed E-state index contributed by atoms with van der Waals surface area (Å²) in [5, 5.41) is 0. The molecule has 4 nitrogen and oxygen atoms in total. The second-order valence-corrected chi connectivity index (χ2v) is 7.65. The summed E-state index contributed by atoms with van der Waals surface area (Å²) in [5.41, 5.74) is 2.32. The molecule has 2 saturated heterocycles. The van der Waals surface area contributed by atoms with Crippen LogP contribution in [0.15, 0.2) is 60.7 Å². The number of piperidine rings is 1. The van der Waals surface area contributed by atoms with Crippen molar-refractivity contribution in [1.82, 2.24) is 9.80 Å². The SMILES string of the molecule is O=C1CCCN1CC(=O)N1CCCC(c2ccccc2)(c2ccccc2)C1. The van der Waals surface area contributed by atoms with Crippen molar-refractivity contribution in [3.63, 3.8) is 0 Å². The van der Waals surface area contributed by atoms with Gasteiger partial charge in [0, 0.05) is 31.5 Å². The Morgan fingerprint density at radius 2 is 1.52 bits per heavy atom. The quantitative estimate of drug-likeness (QED) is 0.838. The molecule has 2 aromatic rings. The zero-order valence-electron chi connectivity index (χ0n) is 15.6. The number of hydrogen-bond acceptors (Lipinski definition) is 2. The van der Waals surface area contributed by atoms with Crippen LogP contribution < -0.4 is 0 Å². The van der Waals surface area contributed by atoms with Crippen molar-refractivity contribution in [3.8, 4) is 0 Å². The Morgan fingerprint density at radius 1 is 0.889 bits per heavy atom. The molecule has 2 aliphatic heterocycles. The average molecular weight is 362 g/mol. The van der Waals surface area contributed by atoms with Crippen LogP contribution in [-0.2, 0) is 15.0 Å². The maximum Gasteiger partial charge on any atom is 0.242 e. The highest BCUT2D eigenvalue weighted by molar-refractivity contribution is 5.86. The Kier molecular flexibility index (Phi) is 4.97. The summed E-state index contributed by atoms with van der Waals surface area (Å²) in [6, 6.07) is 21.0. The molecule has 2 heterocycles. The van der Waals surface area contributed by atoms with Gasteiger partial charge in [0.2, 0.25) is 11.8 Å². The maximum absolute atomic E-state index is 13.0. The van der Waals surface area contributed by atoms with Crippen molar-refractivity contribution in [3.05, 3.63) is 71.8 Å². The molecular weight excluding hydrogens is 336 g/mol. The highest BCUT2D eigenvalue weighted by Crippen LogP contribution is 2.40. The first-order valence-electron chi connectivity index (χ1n) is 9.86. The summed E-state index contributed by atoms with van der Waals surface area (Å²) in [6.45, 7) is 2.36. The topological polar surface area (TPSA) is 40.6 Å². The number of hydrogen-bond donors (Lipinski definition) is 0. The molecule has 2 fully saturated rings. The number of amides is 2. The van der Waals surface area contributed by atoms with Gasteiger partial charge < -0.3 is 9.80 Å². The molecule has 4 heteroatoms. The number of benzene rings is 2. The molecule has 27 heavy (non-hydrogen) atoms. The molecule has 0 atom stereocenters. The van der Waals surface area contributed by atoms with Crippen molar-refractivity contribution in [2.75, 3.05) is 26.2 Å². The summed E-state index contributed by atoms with van der Waals surface area (Å²) in [6.07, 6.45) is 3.42. The lowest BCUT2D eigenvalue weighted by Crippen LogP contribution is -2.51. The van der Waals surface area contributed by atoms with E-state index in [1.165, 1.54) is 11.1 Å². The third-order valence-corrected chi connectivity index (χ3v) is 6.00. The fraction of sp³-hybridized carbons (Fsp3) is 0.391. The van der Waals surface area contributed by atoms with Gasteiger partial charge in [-0.25, -0.2) is 0 Å². The van der Waals surface area contributed by atoms with Crippen LogP contribution in [0.2, 0.25) is 0 Å². The number of carbonyl (C=O) groups is 2. The van der Waals surface area contributed by atoms with Gasteiger partial charge in [0.05, 0.1) is 6.54 Å². The second kappa shape index (κ2) is 7.55. The Bertz CT molecular complexity index is 764. The lowest BCUT2D eigenvalue weighted by atomic mass is 9.69. The summed E-state index contributed by atoms with van der Waals surface area (Å²) in [5.74, 6) is 0.180. The zero-order valence-corrected chi connectivity index (χ0v) is 15.6. The van der Waals surface area contributed by atoms with E-state index in [1.807, 2.05) is 17.0 Å². The molecule has 2 aliphatic rings. The summed E-state index contributed by atoms with van der Waals surface area (Å²) in [7, 11) is 0. The van der Waals surface area contributed by atoms with Gasteiger partial charge in [0.1, 0.15) is 0 Å². The van der Waals surface area contributed by atoms with Crippen molar-refractivity contribution in [2.24, 2.45) is 0 Å². The molecule has 0 unspecified atom stereocenters. The Balaban J connectivity index is 1.62. The van der Waals surface area contributed by atoms with E-state index in [0.29, 0.717) is 19.5 Å². The Morgan fingerprint density at radius 3 is 2.07 bits per heavy atom. The van der Waals surface area contributed by atoms with Gasteiger partial charge in [0.25, 0.3) is 0 Å². The predicted octanol–water partition coefficient (Wildman–Crippen LogP) is 3.22. The summed E-state index contributed by atoms with van der Waals surface area (Å²) < 4.78 is 0. The van der Waals surface area contributed by atoms with Crippen LogP contribution in [0, 0.1) is 0 Å². The van der Waals surface area contributed by atoms with E-state index < -0.39 is 0 Å². The second-order valence-electron chi connectivity index (χ2n) is 7.65. The fourth-order valence-corrected chi connectivity index (χ4v) is 4.56. The van der Waals surface area contributed by atoms with Crippen molar-refractivity contribution in [1.29, 1.82) is 0 Å². The molecule has 2 amide bonds. The minimum Gasteiger partial charge on any atom is -0.340 e. The minimum absolute atomic E-state index is 0.0705. The molecule has 2 aromatic carbocycles. The monoisotopic (exact) mass is 362 g/mol. The molecule has 0 aliphatic carbocycles. The lowest BCUT2D eigenvalue weighted by molar-refractivity contribution is -0.139. The van der Waals surface area contributed by atoms with Crippen LogP contribution in [0.5, 0.6) is 0 Å². The standard InChI is InChI=1S/C23H26N2O2/c26-21-13-7-15-24(21)17-22(27)25-16-8-14-23(18-25,19-9-3-1-4-10-19)20-11-5-2-6-12-20/h1-6,9-12H,7-8,13-18H2. The van der Waals surface area contributed by atoms with Crippen LogP contribution in [0.1, 0.15) is 36.8 Å². The van der Waals surface area contributed by atoms with Crippen molar-refractivity contribution >= 4 is 11.8 Å². The van der Waals surface area contributed by atoms with Gasteiger partial charge in [-0.3, -0.25) is 9.59 Å². The van der Waals surface area contributed by atoms with E-state index in [1.54, 1.807) is 4.90 Å². The summed E-state index contributed by atoms with van der Waals surface area (Å²) in [4.78, 5) is 28.6. The molecule has 0 aromatic heterocycles. The van der Waals surface area contributed by atoms with Gasteiger partial charge >= 0.3 is 0 Å². The number of rotatable bonds is 4. The first-order chi connectivity index (χ1) is 13.2. The molecule has 0 saturated carbocycles. The van der Waals surface area contributed by atoms with Gasteiger partial charge in [0.15, 0.2) is 0 Å². The fourth-order valence-electron chi connectivity index (χ4n) is 4.56. The predicted molar refractivity (Wildman–Crippen MR) is 105 cm³/mol. The van der Waals surface area contributed by atoms with Gasteiger partial charge in [-0.05, 0) is 30.4 Å². The number of nitrogens with zero attached hydrogens (tertiary/aromatic N) is 2. The molecule has 0 spiro atoms. The highest BCUT2D eigenvalue weighted by atomic mass is 16.2. The maximum atomic E-state index is 13.0. The average Bonchev–Trinajstić information content (AvgIpc) is 3.13. The van der Waals surface area contributed by atoms with E-state index in [2.05, 4.69) is 48.5 Å². The smallest absolute Gasteiger partial charge is 0.242 e. The van der Waals surface area contributed by atoms with E-state index in [0.717, 1.165) is 25.8 Å². The molecule has 0 bridgehead atoms. The highest BCUT2D eigenvalue weighted by Gasteiger charge is 2.40. The lowest BCUT2D eigenvalue weighted by Gasteiger charge is -2.44. The van der Waals surface area contributed by atoms with E-state index in [9.17, 15) is 9.59 Å². The van der Waals surface area contributed by atoms with Crippen molar-refractivity contribution in [2.45, 2.75) is 31.1 Å². The largest absolute Gasteiger partial charge is 0.340 e. The van der Waals surface area contributed by atoms with Crippen LogP contribution >= 0.6 is 0 Å². The molecular formula is C23H26N2O2. The van der Waals surface area contributed by atoms with Crippen LogP contribution in [0.25, 0.3) is 0 Å². The van der Waals surface area contributed by atoms with E-state index in [4.69, 9.17) is 0 Å². The molecule has 0 radical (unpaired) electrons. The molecule has 4 rings (SSSR count). The molecule has 140 valence electrons. The first-order valence-corrected chi connectivity index (χ1v) is 9.86. The zero-order chi connectivity index (χ0) is 18.7. The van der Waals surface area contributed by atoms with Crippen LogP contribution in [0.4, 0.5) is 0 Å². The minimum atomic E-state index is -0.189. The Hall–Kier alpha value is -2.62. The van der Waals surface area contributed by atoms with Gasteiger partial charge in [-0.15, -0.1) is 0 Å². The summed E-state index contributed by atoms with van der Waals surface area (Å²) >= 11 is 0. The first kappa shape index (κ1) is 17.8. The third kappa shape index (κ3) is 3.48. The van der Waals surface area contributed by atoms with Crippen LogP contribution in [-0.4, -0.2) is 47.8 Å². The van der Waals surface area contributed by atoms with Gasteiger partial charge in [-0.2, -0.15) is 0 Å². The van der Waals surface area contributed by atoms with Crippen LogP contribution in [0.3, 0.4) is 0 Å². The molecule has 0 N–H and O–H groups in total. The normalized spacial score (nSPS) is 19.3. The number of carbonyl (C=O) groups excluding carboxylic acids is 2. The van der Waals surface area contributed by atoms with E-state index >= 15 is 0 Å². The number of likely N-dealkylation sites (tertiary alicyclic amines) is 2.